The molecular formula is C21H23FN4O. The van der Waals surface area contributed by atoms with E-state index in [-0.39, 0.29) is 5.82 Å². The Kier molecular flexibility index (Phi) is 6.20. The summed E-state index contributed by atoms with van der Waals surface area (Å²) >= 11 is 0. The Morgan fingerprint density at radius 3 is 2.70 bits per heavy atom. The van der Waals surface area contributed by atoms with Gasteiger partial charge in [0.1, 0.15) is 5.82 Å². The molecule has 3 aromatic rings. The number of hydrogen-bond donors (Lipinski definition) is 2. The maximum atomic E-state index is 13.2. The lowest BCUT2D eigenvalue weighted by Crippen LogP contribution is -2.37. The van der Waals surface area contributed by atoms with Crippen molar-refractivity contribution in [3.05, 3.63) is 77.6 Å². The first-order valence-electron chi connectivity index (χ1n) is 8.85. The molecule has 0 aliphatic heterocycles. The Hall–Kier alpha value is -3.15. The van der Waals surface area contributed by atoms with E-state index in [1.165, 1.54) is 17.7 Å². The van der Waals surface area contributed by atoms with Crippen molar-refractivity contribution in [2.24, 2.45) is 4.99 Å². The molecule has 0 unspecified atom stereocenters. The van der Waals surface area contributed by atoms with Gasteiger partial charge in [0.15, 0.2) is 11.7 Å². The van der Waals surface area contributed by atoms with Crippen LogP contribution in [-0.4, -0.2) is 24.5 Å². The quantitative estimate of drug-likeness (QED) is 0.516. The number of oxazole rings is 1. The zero-order valence-corrected chi connectivity index (χ0v) is 15.5. The third-order valence-electron chi connectivity index (χ3n) is 4.12. The van der Waals surface area contributed by atoms with Crippen molar-refractivity contribution in [1.82, 2.24) is 15.6 Å². The zero-order valence-electron chi connectivity index (χ0n) is 15.5. The first kappa shape index (κ1) is 18.6. The molecule has 0 aliphatic rings. The molecule has 0 atom stereocenters. The minimum Gasteiger partial charge on any atom is -0.439 e. The van der Waals surface area contributed by atoms with E-state index in [0.29, 0.717) is 31.4 Å². The van der Waals surface area contributed by atoms with Crippen LogP contribution >= 0.6 is 0 Å². The molecule has 2 N–H and O–H groups in total. The van der Waals surface area contributed by atoms with Gasteiger partial charge < -0.3 is 15.1 Å². The highest BCUT2D eigenvalue weighted by molar-refractivity contribution is 5.79. The van der Waals surface area contributed by atoms with Gasteiger partial charge in [-0.3, -0.25) is 4.99 Å². The van der Waals surface area contributed by atoms with Gasteiger partial charge in [0.25, 0.3) is 0 Å². The van der Waals surface area contributed by atoms with Gasteiger partial charge in [-0.25, -0.2) is 9.37 Å². The molecule has 0 spiro atoms. The molecule has 0 amide bonds. The fraction of sp³-hybridized carbons (Fsp3) is 0.238. The number of benzene rings is 2. The van der Waals surface area contributed by atoms with E-state index >= 15 is 0 Å². The third kappa shape index (κ3) is 5.41. The molecule has 0 saturated heterocycles. The van der Waals surface area contributed by atoms with Gasteiger partial charge in [-0.2, -0.15) is 0 Å². The van der Waals surface area contributed by atoms with Crippen LogP contribution in [0.5, 0.6) is 0 Å². The lowest BCUT2D eigenvalue weighted by Gasteiger charge is -2.10. The fourth-order valence-corrected chi connectivity index (χ4v) is 2.64. The second-order valence-electron chi connectivity index (χ2n) is 6.22. The number of halogens is 1. The van der Waals surface area contributed by atoms with Crippen LogP contribution in [0.4, 0.5) is 4.39 Å². The Morgan fingerprint density at radius 2 is 1.96 bits per heavy atom. The normalized spacial score (nSPS) is 11.4. The summed E-state index contributed by atoms with van der Waals surface area (Å²) in [5, 5.41) is 6.37. The summed E-state index contributed by atoms with van der Waals surface area (Å²) in [6.07, 6.45) is 2.43. The minimum atomic E-state index is -0.219. The number of guanidine groups is 1. The number of nitrogens with one attached hydrogen (secondary N) is 2. The first-order chi connectivity index (χ1) is 13.1. The predicted octanol–water partition coefficient (Wildman–Crippen LogP) is 3.70. The summed E-state index contributed by atoms with van der Waals surface area (Å²) in [7, 11) is 1.70. The van der Waals surface area contributed by atoms with E-state index in [1.54, 1.807) is 19.3 Å². The third-order valence-corrected chi connectivity index (χ3v) is 4.12. The fourth-order valence-electron chi connectivity index (χ4n) is 2.64. The molecule has 5 nitrogen and oxygen atoms in total. The summed E-state index contributed by atoms with van der Waals surface area (Å²) in [6, 6.07) is 14.7. The van der Waals surface area contributed by atoms with Crippen LogP contribution in [0.3, 0.4) is 0 Å². The Labute approximate surface area is 158 Å². The van der Waals surface area contributed by atoms with Gasteiger partial charge in [-0.05, 0) is 31.0 Å². The number of aryl methyl sites for hydroxylation is 1. The molecule has 0 bridgehead atoms. The average Bonchev–Trinajstić information content (AvgIpc) is 3.14. The summed E-state index contributed by atoms with van der Waals surface area (Å²) in [5.41, 5.74) is 3.14. The topological polar surface area (TPSA) is 62.5 Å². The zero-order chi connectivity index (χ0) is 19.1. The lowest BCUT2D eigenvalue weighted by atomic mass is 10.1. The van der Waals surface area contributed by atoms with Crippen molar-refractivity contribution in [1.29, 1.82) is 0 Å². The van der Waals surface area contributed by atoms with Crippen LogP contribution in [0.15, 0.2) is 64.1 Å². The molecular weight excluding hydrogens is 343 g/mol. The van der Waals surface area contributed by atoms with E-state index in [0.717, 1.165) is 16.9 Å². The van der Waals surface area contributed by atoms with E-state index in [1.807, 2.05) is 37.3 Å². The van der Waals surface area contributed by atoms with Crippen LogP contribution in [0.1, 0.15) is 17.0 Å². The van der Waals surface area contributed by atoms with Gasteiger partial charge in [0.05, 0.1) is 12.7 Å². The van der Waals surface area contributed by atoms with Crippen LogP contribution < -0.4 is 10.6 Å². The molecule has 27 heavy (non-hydrogen) atoms. The summed E-state index contributed by atoms with van der Waals surface area (Å²) < 4.78 is 19.0. The van der Waals surface area contributed by atoms with E-state index in [9.17, 15) is 4.39 Å². The van der Waals surface area contributed by atoms with Gasteiger partial charge in [-0.1, -0.05) is 42.0 Å². The molecule has 140 valence electrons. The first-order valence-corrected chi connectivity index (χ1v) is 8.85. The molecule has 0 aliphatic carbocycles. The SMILES string of the molecule is CN=C(NCCc1cccc(F)c1)NCc1ncc(-c2ccc(C)cc2)o1. The summed E-state index contributed by atoms with van der Waals surface area (Å²) in [6.45, 7) is 3.11. The highest BCUT2D eigenvalue weighted by Crippen LogP contribution is 2.20. The van der Waals surface area contributed by atoms with Crippen LogP contribution in [0.25, 0.3) is 11.3 Å². The van der Waals surface area contributed by atoms with Crippen molar-refractivity contribution in [3.63, 3.8) is 0 Å². The highest BCUT2D eigenvalue weighted by atomic mass is 19.1. The Bertz CT molecular complexity index is 903. The van der Waals surface area contributed by atoms with Crippen molar-refractivity contribution in [3.8, 4) is 11.3 Å². The summed E-state index contributed by atoms with van der Waals surface area (Å²) in [5.74, 6) is 1.74. The molecule has 2 aromatic carbocycles. The second kappa shape index (κ2) is 8.98. The van der Waals surface area contributed by atoms with Crippen molar-refractivity contribution in [2.45, 2.75) is 19.9 Å². The summed E-state index contributed by atoms with van der Waals surface area (Å²) in [4.78, 5) is 8.48. The van der Waals surface area contributed by atoms with E-state index in [4.69, 9.17) is 4.42 Å². The monoisotopic (exact) mass is 366 g/mol. The minimum absolute atomic E-state index is 0.219. The van der Waals surface area contributed by atoms with Gasteiger partial charge in [0, 0.05) is 19.2 Å². The number of aliphatic imine (C=N–C) groups is 1. The molecule has 3 rings (SSSR count). The largest absolute Gasteiger partial charge is 0.439 e. The van der Waals surface area contributed by atoms with E-state index < -0.39 is 0 Å². The second-order valence-corrected chi connectivity index (χ2v) is 6.22. The number of aromatic nitrogens is 1. The Morgan fingerprint density at radius 1 is 1.15 bits per heavy atom. The van der Waals surface area contributed by atoms with Crippen LogP contribution in [0, 0.1) is 12.7 Å². The molecule has 0 saturated carbocycles. The van der Waals surface area contributed by atoms with Crippen molar-refractivity contribution in [2.75, 3.05) is 13.6 Å². The van der Waals surface area contributed by atoms with Gasteiger partial charge >= 0.3 is 0 Å². The number of hydrogen-bond acceptors (Lipinski definition) is 3. The standard InChI is InChI=1S/C21H23FN4O/c1-15-6-8-17(9-7-15)19-13-25-20(27-19)14-26-21(23-2)24-11-10-16-4-3-5-18(22)12-16/h3-9,12-13H,10-11,14H2,1-2H3,(H2,23,24,26). The molecule has 0 fully saturated rings. The van der Waals surface area contributed by atoms with E-state index in [2.05, 4.69) is 20.6 Å². The van der Waals surface area contributed by atoms with Gasteiger partial charge in [0.2, 0.25) is 5.89 Å². The van der Waals surface area contributed by atoms with Gasteiger partial charge in [-0.15, -0.1) is 0 Å². The van der Waals surface area contributed by atoms with Crippen LogP contribution in [-0.2, 0) is 13.0 Å². The molecule has 6 heteroatoms. The Balaban J connectivity index is 1.49. The maximum Gasteiger partial charge on any atom is 0.214 e. The smallest absolute Gasteiger partial charge is 0.214 e. The highest BCUT2D eigenvalue weighted by Gasteiger charge is 2.07. The number of rotatable bonds is 6. The molecule has 1 heterocycles. The molecule has 0 radical (unpaired) electrons. The average molecular weight is 366 g/mol. The van der Waals surface area contributed by atoms with Crippen molar-refractivity contribution < 1.29 is 8.81 Å². The maximum absolute atomic E-state index is 13.2. The van der Waals surface area contributed by atoms with Crippen LogP contribution in [0.2, 0.25) is 0 Å². The van der Waals surface area contributed by atoms with Crippen molar-refractivity contribution >= 4 is 5.96 Å². The predicted molar refractivity (Wildman–Crippen MR) is 105 cm³/mol. The molecule has 1 aromatic heterocycles. The lowest BCUT2D eigenvalue weighted by molar-refractivity contribution is 0.497. The number of nitrogens with zero attached hydrogens (tertiary/aromatic N) is 2.